The molecule has 0 unspecified atom stereocenters. The lowest BCUT2D eigenvalue weighted by molar-refractivity contribution is 0.0943. The van der Waals surface area contributed by atoms with Crippen LogP contribution in [0.15, 0.2) is 73.2 Å². The van der Waals surface area contributed by atoms with Gasteiger partial charge in [-0.2, -0.15) is 5.10 Å². The Labute approximate surface area is 161 Å². The Kier molecular flexibility index (Phi) is 4.72. The van der Waals surface area contributed by atoms with E-state index in [1.54, 1.807) is 30.6 Å². The van der Waals surface area contributed by atoms with Crippen LogP contribution in [0.1, 0.15) is 16.1 Å². The molecule has 0 bridgehead atoms. The number of aromatic nitrogens is 4. The zero-order valence-corrected chi connectivity index (χ0v) is 15.2. The van der Waals surface area contributed by atoms with Crippen molar-refractivity contribution in [3.63, 3.8) is 0 Å². The van der Waals surface area contributed by atoms with Crippen molar-refractivity contribution < 1.29 is 9.18 Å². The van der Waals surface area contributed by atoms with Crippen LogP contribution in [-0.4, -0.2) is 25.2 Å². The number of carbonyl (C=O) groups is 1. The summed E-state index contributed by atoms with van der Waals surface area (Å²) >= 11 is 0. The first-order chi connectivity index (χ1) is 13.6. The third-order valence-electron chi connectivity index (χ3n) is 4.42. The molecule has 4 rings (SSSR count). The Bertz CT molecular complexity index is 1100. The first-order valence-corrected chi connectivity index (χ1v) is 8.76. The topological polar surface area (TPSA) is 64.7 Å². The van der Waals surface area contributed by atoms with Crippen LogP contribution in [0.5, 0.6) is 0 Å². The summed E-state index contributed by atoms with van der Waals surface area (Å²) in [4.78, 5) is 16.9. The van der Waals surface area contributed by atoms with Crippen molar-refractivity contribution in [2.75, 3.05) is 0 Å². The molecule has 3 heterocycles. The van der Waals surface area contributed by atoms with Crippen LogP contribution in [0.2, 0.25) is 0 Å². The monoisotopic (exact) mass is 375 g/mol. The molecule has 0 saturated carbocycles. The number of aryl methyl sites for hydroxylation is 1. The summed E-state index contributed by atoms with van der Waals surface area (Å²) in [6.07, 6.45) is 5.27. The molecular weight excluding hydrogens is 357 g/mol. The van der Waals surface area contributed by atoms with Crippen molar-refractivity contribution >= 4 is 5.91 Å². The van der Waals surface area contributed by atoms with Crippen molar-refractivity contribution in [1.82, 2.24) is 24.6 Å². The lowest BCUT2D eigenvalue weighted by Crippen LogP contribution is -2.25. The smallest absolute Gasteiger partial charge is 0.270 e. The third-order valence-corrected chi connectivity index (χ3v) is 4.42. The van der Waals surface area contributed by atoms with E-state index >= 15 is 0 Å². The predicted octanol–water partition coefficient (Wildman–Crippen LogP) is 3.34. The molecule has 0 aliphatic carbocycles. The summed E-state index contributed by atoms with van der Waals surface area (Å²) < 4.78 is 16.8. The Hall–Kier alpha value is -3.74. The van der Waals surface area contributed by atoms with E-state index in [1.807, 2.05) is 42.1 Å². The molecule has 0 aliphatic rings. The highest BCUT2D eigenvalue weighted by atomic mass is 19.1. The van der Waals surface area contributed by atoms with E-state index in [-0.39, 0.29) is 11.7 Å². The molecule has 0 radical (unpaired) electrons. The highest BCUT2D eigenvalue weighted by molar-refractivity contribution is 5.94. The average molecular weight is 375 g/mol. The maximum Gasteiger partial charge on any atom is 0.270 e. The molecule has 0 saturated heterocycles. The van der Waals surface area contributed by atoms with Gasteiger partial charge in [-0.25, -0.2) is 9.07 Å². The molecule has 0 spiro atoms. The molecule has 0 fully saturated rings. The summed E-state index contributed by atoms with van der Waals surface area (Å²) in [5.41, 5.74) is 3.46. The standard InChI is InChI=1S/C21H18FN5O/c1-26-12-2-3-19(26)18-13-20(21(28)24-14-15-8-10-23-11-9-15)27(25-18)17-6-4-16(22)5-7-17/h2-13H,14H2,1H3,(H,24,28). The van der Waals surface area contributed by atoms with Crippen LogP contribution < -0.4 is 5.32 Å². The van der Waals surface area contributed by atoms with Gasteiger partial charge in [-0.1, -0.05) is 0 Å². The molecule has 0 atom stereocenters. The fourth-order valence-electron chi connectivity index (χ4n) is 2.95. The van der Waals surface area contributed by atoms with Gasteiger partial charge < -0.3 is 9.88 Å². The quantitative estimate of drug-likeness (QED) is 0.582. The minimum Gasteiger partial charge on any atom is -0.349 e. The van der Waals surface area contributed by atoms with Crippen LogP contribution in [0.4, 0.5) is 4.39 Å². The molecule has 0 aliphatic heterocycles. The fraction of sp³-hybridized carbons (Fsp3) is 0.0952. The largest absolute Gasteiger partial charge is 0.349 e. The number of halogens is 1. The van der Waals surface area contributed by atoms with Gasteiger partial charge in [0.25, 0.3) is 5.91 Å². The maximum atomic E-state index is 13.3. The number of hydrogen-bond acceptors (Lipinski definition) is 3. The van der Waals surface area contributed by atoms with E-state index in [4.69, 9.17) is 0 Å². The van der Waals surface area contributed by atoms with Gasteiger partial charge in [0.2, 0.25) is 0 Å². The third kappa shape index (κ3) is 3.55. The Morgan fingerprint density at radius 1 is 1.11 bits per heavy atom. The molecule has 1 N–H and O–H groups in total. The molecule has 6 nitrogen and oxygen atoms in total. The van der Waals surface area contributed by atoms with Gasteiger partial charge in [-0.15, -0.1) is 0 Å². The lowest BCUT2D eigenvalue weighted by Gasteiger charge is -2.08. The molecule has 28 heavy (non-hydrogen) atoms. The van der Waals surface area contributed by atoms with E-state index in [1.165, 1.54) is 16.8 Å². The van der Waals surface area contributed by atoms with Crippen molar-refractivity contribution in [1.29, 1.82) is 0 Å². The van der Waals surface area contributed by atoms with Crippen molar-refractivity contribution in [2.24, 2.45) is 7.05 Å². The second-order valence-electron chi connectivity index (χ2n) is 6.35. The second-order valence-corrected chi connectivity index (χ2v) is 6.35. The number of rotatable bonds is 5. The van der Waals surface area contributed by atoms with Gasteiger partial charge in [0, 0.05) is 32.2 Å². The molecule has 1 aromatic carbocycles. The van der Waals surface area contributed by atoms with Crippen LogP contribution in [0.25, 0.3) is 17.1 Å². The van der Waals surface area contributed by atoms with Crippen molar-refractivity contribution in [3.8, 4) is 17.1 Å². The van der Waals surface area contributed by atoms with Gasteiger partial charge >= 0.3 is 0 Å². The van der Waals surface area contributed by atoms with E-state index in [2.05, 4.69) is 15.4 Å². The van der Waals surface area contributed by atoms with Gasteiger partial charge in [0.1, 0.15) is 17.2 Å². The number of amides is 1. The number of nitrogens with one attached hydrogen (secondary N) is 1. The normalized spacial score (nSPS) is 10.8. The van der Waals surface area contributed by atoms with E-state index in [0.29, 0.717) is 23.6 Å². The molecular formula is C21H18FN5O. The summed E-state index contributed by atoms with van der Waals surface area (Å²) in [6, 6.07) is 15.1. The zero-order chi connectivity index (χ0) is 19.5. The number of hydrogen-bond donors (Lipinski definition) is 1. The number of pyridine rings is 1. The lowest BCUT2D eigenvalue weighted by atomic mass is 10.2. The maximum absolute atomic E-state index is 13.3. The molecule has 140 valence electrons. The Balaban J connectivity index is 1.69. The summed E-state index contributed by atoms with van der Waals surface area (Å²) in [5, 5.41) is 7.49. The molecule has 7 heteroatoms. The summed E-state index contributed by atoms with van der Waals surface area (Å²) in [5.74, 6) is -0.614. The fourth-order valence-corrected chi connectivity index (χ4v) is 2.95. The number of benzene rings is 1. The van der Waals surface area contributed by atoms with E-state index in [0.717, 1.165) is 11.3 Å². The minimum atomic E-state index is -0.345. The first kappa shape index (κ1) is 17.7. The SMILES string of the molecule is Cn1cccc1-c1cc(C(=O)NCc2ccncc2)n(-c2ccc(F)cc2)n1. The van der Waals surface area contributed by atoms with Gasteiger partial charge in [-0.05, 0) is 60.2 Å². The first-order valence-electron chi connectivity index (χ1n) is 8.76. The van der Waals surface area contributed by atoms with Crippen LogP contribution in [0, 0.1) is 5.82 Å². The van der Waals surface area contributed by atoms with Gasteiger partial charge in [0.05, 0.1) is 11.4 Å². The summed E-state index contributed by atoms with van der Waals surface area (Å²) in [6.45, 7) is 0.370. The zero-order valence-electron chi connectivity index (χ0n) is 15.2. The van der Waals surface area contributed by atoms with Crippen LogP contribution in [-0.2, 0) is 13.6 Å². The van der Waals surface area contributed by atoms with Crippen molar-refractivity contribution in [2.45, 2.75) is 6.54 Å². The number of carbonyl (C=O) groups excluding carboxylic acids is 1. The van der Waals surface area contributed by atoms with E-state index in [9.17, 15) is 9.18 Å². The average Bonchev–Trinajstić information content (AvgIpc) is 3.34. The Morgan fingerprint density at radius 2 is 1.86 bits per heavy atom. The van der Waals surface area contributed by atoms with Gasteiger partial charge in [0.15, 0.2) is 0 Å². The second kappa shape index (κ2) is 7.48. The molecule has 1 amide bonds. The van der Waals surface area contributed by atoms with E-state index < -0.39 is 0 Å². The highest BCUT2D eigenvalue weighted by Gasteiger charge is 2.18. The number of nitrogens with zero attached hydrogens (tertiary/aromatic N) is 4. The minimum absolute atomic E-state index is 0.269. The van der Waals surface area contributed by atoms with Crippen LogP contribution >= 0.6 is 0 Å². The molecule has 4 aromatic rings. The van der Waals surface area contributed by atoms with Crippen LogP contribution in [0.3, 0.4) is 0 Å². The molecule has 3 aromatic heterocycles. The highest BCUT2D eigenvalue weighted by Crippen LogP contribution is 2.22. The Morgan fingerprint density at radius 3 is 2.54 bits per heavy atom. The van der Waals surface area contributed by atoms with Crippen molar-refractivity contribution in [3.05, 3.63) is 90.3 Å². The summed E-state index contributed by atoms with van der Waals surface area (Å²) in [7, 11) is 1.91. The van der Waals surface area contributed by atoms with Gasteiger partial charge in [-0.3, -0.25) is 9.78 Å². The predicted molar refractivity (Wildman–Crippen MR) is 103 cm³/mol.